The number of carbonyl (C=O) groups excluding carboxylic acids is 1. The van der Waals surface area contributed by atoms with Crippen LogP contribution in [0.1, 0.15) is 15.9 Å². The van der Waals surface area contributed by atoms with Crippen LogP contribution in [0, 0.1) is 6.92 Å². The predicted molar refractivity (Wildman–Crippen MR) is 85.2 cm³/mol. The topological polar surface area (TPSA) is 76.7 Å². The molecule has 0 saturated heterocycles. The van der Waals surface area contributed by atoms with Crippen LogP contribution in [0.25, 0.3) is 11.0 Å². The van der Waals surface area contributed by atoms with Crippen LogP contribution in [0.4, 0.5) is 0 Å². The summed E-state index contributed by atoms with van der Waals surface area (Å²) >= 11 is 0. The third-order valence-electron chi connectivity index (χ3n) is 3.46. The van der Waals surface area contributed by atoms with Crippen LogP contribution in [0.2, 0.25) is 0 Å². The zero-order valence-corrected chi connectivity index (χ0v) is 12.4. The number of aryl methyl sites for hydroxylation is 1. The van der Waals surface area contributed by atoms with Crippen LogP contribution in [0.5, 0.6) is 11.5 Å². The maximum absolute atomic E-state index is 12.2. The van der Waals surface area contributed by atoms with Crippen LogP contribution in [0.3, 0.4) is 0 Å². The maximum atomic E-state index is 12.2. The normalized spacial score (nSPS) is 10.7. The molecule has 0 fully saturated rings. The van der Waals surface area contributed by atoms with E-state index in [0.29, 0.717) is 11.1 Å². The van der Waals surface area contributed by atoms with Crippen molar-refractivity contribution in [1.82, 2.24) is 0 Å². The molecule has 0 aliphatic rings. The molecule has 1 N–H and O–H groups in total. The summed E-state index contributed by atoms with van der Waals surface area (Å²) in [6.45, 7) is 1.58. The van der Waals surface area contributed by atoms with E-state index in [0.717, 1.165) is 5.56 Å². The average molecular weight is 310 g/mol. The molecule has 0 unspecified atom stereocenters. The molecule has 3 aromatic rings. The Bertz CT molecular complexity index is 922. The molecule has 0 saturated carbocycles. The molecule has 0 radical (unpaired) electrons. The van der Waals surface area contributed by atoms with Gasteiger partial charge in [0.1, 0.15) is 22.6 Å². The number of benzene rings is 2. The van der Waals surface area contributed by atoms with E-state index in [-0.39, 0.29) is 17.9 Å². The zero-order valence-electron chi connectivity index (χ0n) is 12.4. The molecule has 2 aromatic carbocycles. The third-order valence-corrected chi connectivity index (χ3v) is 3.46. The van der Waals surface area contributed by atoms with E-state index < -0.39 is 17.0 Å². The lowest BCUT2D eigenvalue weighted by atomic mass is 10.1. The molecule has 0 atom stereocenters. The van der Waals surface area contributed by atoms with Crippen molar-refractivity contribution in [2.45, 2.75) is 6.92 Å². The van der Waals surface area contributed by atoms with Crippen molar-refractivity contribution in [3.8, 4) is 11.5 Å². The van der Waals surface area contributed by atoms with Crippen molar-refractivity contribution < 1.29 is 19.1 Å². The number of aromatic hydroxyl groups is 1. The van der Waals surface area contributed by atoms with Gasteiger partial charge < -0.3 is 14.3 Å². The van der Waals surface area contributed by atoms with Gasteiger partial charge in [-0.15, -0.1) is 0 Å². The van der Waals surface area contributed by atoms with Gasteiger partial charge in [-0.3, -0.25) is 4.79 Å². The SMILES string of the molecule is Cc1ccc(OCC(=O)c2c(O)c3ccccc3oc2=O)cc1. The number of para-hydroxylation sites is 1. The van der Waals surface area contributed by atoms with E-state index in [1.165, 1.54) is 0 Å². The molecule has 3 rings (SSSR count). The van der Waals surface area contributed by atoms with E-state index >= 15 is 0 Å². The number of carbonyl (C=O) groups is 1. The molecule has 0 spiro atoms. The van der Waals surface area contributed by atoms with Gasteiger partial charge in [0, 0.05) is 0 Å². The second-order valence-corrected chi connectivity index (χ2v) is 5.13. The Morgan fingerprint density at radius 2 is 1.83 bits per heavy atom. The van der Waals surface area contributed by atoms with Gasteiger partial charge in [0.25, 0.3) is 0 Å². The summed E-state index contributed by atoms with van der Waals surface area (Å²) in [5.74, 6) is -0.509. The van der Waals surface area contributed by atoms with Gasteiger partial charge in [-0.1, -0.05) is 29.8 Å². The number of ether oxygens (including phenoxy) is 1. The molecule has 0 aliphatic carbocycles. The second-order valence-electron chi connectivity index (χ2n) is 5.13. The largest absolute Gasteiger partial charge is 0.506 e. The number of ketones is 1. The Morgan fingerprint density at radius 1 is 1.13 bits per heavy atom. The molecule has 1 heterocycles. The average Bonchev–Trinajstić information content (AvgIpc) is 2.54. The summed E-state index contributed by atoms with van der Waals surface area (Å²) in [7, 11) is 0. The van der Waals surface area contributed by atoms with E-state index in [4.69, 9.17) is 9.15 Å². The van der Waals surface area contributed by atoms with Gasteiger partial charge in [0.05, 0.1) is 5.39 Å². The van der Waals surface area contributed by atoms with Crippen molar-refractivity contribution in [2.75, 3.05) is 6.61 Å². The highest BCUT2D eigenvalue weighted by Crippen LogP contribution is 2.26. The first-order valence-electron chi connectivity index (χ1n) is 7.04. The smallest absolute Gasteiger partial charge is 0.351 e. The highest BCUT2D eigenvalue weighted by molar-refractivity contribution is 6.03. The molecular weight excluding hydrogens is 296 g/mol. The lowest BCUT2D eigenvalue weighted by molar-refractivity contribution is 0.0915. The lowest BCUT2D eigenvalue weighted by Gasteiger charge is -2.07. The number of hydrogen-bond donors (Lipinski definition) is 1. The van der Waals surface area contributed by atoms with Crippen LogP contribution in [0.15, 0.2) is 57.7 Å². The molecule has 0 bridgehead atoms. The van der Waals surface area contributed by atoms with Crippen LogP contribution in [-0.4, -0.2) is 17.5 Å². The molecule has 5 nitrogen and oxygen atoms in total. The fourth-order valence-corrected chi connectivity index (χ4v) is 2.23. The number of rotatable bonds is 4. The van der Waals surface area contributed by atoms with Crippen molar-refractivity contribution in [1.29, 1.82) is 0 Å². The van der Waals surface area contributed by atoms with Gasteiger partial charge in [0.2, 0.25) is 5.78 Å². The highest BCUT2D eigenvalue weighted by atomic mass is 16.5. The van der Waals surface area contributed by atoms with Crippen molar-refractivity contribution >= 4 is 16.8 Å². The minimum Gasteiger partial charge on any atom is -0.506 e. The first-order chi connectivity index (χ1) is 11.1. The van der Waals surface area contributed by atoms with Gasteiger partial charge in [0.15, 0.2) is 6.61 Å². The van der Waals surface area contributed by atoms with Gasteiger partial charge in [-0.25, -0.2) is 4.79 Å². The summed E-state index contributed by atoms with van der Waals surface area (Å²) < 4.78 is 10.4. The Morgan fingerprint density at radius 3 is 2.57 bits per heavy atom. The fraction of sp³-hybridized carbons (Fsp3) is 0.111. The van der Waals surface area contributed by atoms with E-state index in [2.05, 4.69) is 0 Å². The molecular formula is C18H14O5. The van der Waals surface area contributed by atoms with Crippen LogP contribution >= 0.6 is 0 Å². The molecule has 0 amide bonds. The summed E-state index contributed by atoms with van der Waals surface area (Å²) in [6, 6.07) is 13.6. The number of fused-ring (bicyclic) bond motifs is 1. The molecule has 5 heteroatoms. The summed E-state index contributed by atoms with van der Waals surface area (Å²) in [5.41, 5.74) is 0.0250. The summed E-state index contributed by atoms with van der Waals surface area (Å²) in [5, 5.41) is 10.5. The van der Waals surface area contributed by atoms with E-state index in [1.807, 2.05) is 19.1 Å². The standard InChI is InChI=1S/C18H14O5/c1-11-6-8-12(9-7-11)22-10-14(19)16-17(20)13-4-2-3-5-15(13)23-18(16)21/h2-9,20H,10H2,1H3. The quantitative estimate of drug-likeness (QED) is 0.592. The Balaban J connectivity index is 1.89. The number of Topliss-reactive ketones (excluding diaryl/α,β-unsaturated/α-hetero) is 1. The molecule has 1 aromatic heterocycles. The Labute approximate surface area is 131 Å². The second kappa shape index (κ2) is 5.96. The zero-order chi connectivity index (χ0) is 16.4. The van der Waals surface area contributed by atoms with Gasteiger partial charge >= 0.3 is 5.63 Å². The van der Waals surface area contributed by atoms with E-state index in [1.54, 1.807) is 36.4 Å². The van der Waals surface area contributed by atoms with Crippen molar-refractivity contribution in [3.05, 3.63) is 70.1 Å². The Hall–Kier alpha value is -3.08. The highest BCUT2D eigenvalue weighted by Gasteiger charge is 2.21. The molecule has 116 valence electrons. The van der Waals surface area contributed by atoms with Crippen LogP contribution < -0.4 is 10.4 Å². The Kier molecular flexibility index (Phi) is 3.85. The lowest BCUT2D eigenvalue weighted by Crippen LogP contribution is -2.20. The first-order valence-corrected chi connectivity index (χ1v) is 7.04. The van der Waals surface area contributed by atoms with Crippen molar-refractivity contribution in [2.24, 2.45) is 0 Å². The first kappa shape index (κ1) is 14.8. The minimum atomic E-state index is -0.876. The van der Waals surface area contributed by atoms with Crippen LogP contribution in [-0.2, 0) is 0 Å². The van der Waals surface area contributed by atoms with Gasteiger partial charge in [-0.05, 0) is 31.2 Å². The molecule has 0 aliphatic heterocycles. The minimum absolute atomic E-state index is 0.228. The molecule has 23 heavy (non-hydrogen) atoms. The monoisotopic (exact) mass is 310 g/mol. The summed E-state index contributed by atoms with van der Waals surface area (Å²) in [6.07, 6.45) is 0. The predicted octanol–water partition coefficient (Wildman–Crippen LogP) is 3.07. The van der Waals surface area contributed by atoms with E-state index in [9.17, 15) is 14.7 Å². The van der Waals surface area contributed by atoms with Crippen molar-refractivity contribution in [3.63, 3.8) is 0 Å². The third kappa shape index (κ3) is 2.94. The fourth-order valence-electron chi connectivity index (χ4n) is 2.23. The maximum Gasteiger partial charge on any atom is 0.351 e. The van der Waals surface area contributed by atoms with Gasteiger partial charge in [-0.2, -0.15) is 0 Å². The summed E-state index contributed by atoms with van der Waals surface area (Å²) in [4.78, 5) is 24.2. The number of hydrogen-bond acceptors (Lipinski definition) is 5.